The van der Waals surface area contributed by atoms with E-state index in [1.807, 2.05) is 30.3 Å². The van der Waals surface area contributed by atoms with Gasteiger partial charge in [0.05, 0.1) is 6.61 Å². The number of nitrogens with zero attached hydrogens (tertiary/aromatic N) is 1. The number of para-hydroxylation sites is 1. The Balaban J connectivity index is 1.79. The predicted octanol–water partition coefficient (Wildman–Crippen LogP) is 1.97. The minimum absolute atomic E-state index is 0.144. The third kappa shape index (κ3) is 4.51. The van der Waals surface area contributed by atoms with Crippen molar-refractivity contribution in [3.05, 3.63) is 54.5 Å². The summed E-state index contributed by atoms with van der Waals surface area (Å²) in [5.74, 6) is -0.151. The second-order valence-electron chi connectivity index (χ2n) is 4.20. The Bertz CT molecular complexity index is 678. The molecule has 0 aliphatic heterocycles. The van der Waals surface area contributed by atoms with Gasteiger partial charge in [-0.15, -0.1) is 0 Å². The Morgan fingerprint density at radius 1 is 1.14 bits per heavy atom. The monoisotopic (exact) mass is 310 g/mol. The Labute approximate surface area is 122 Å². The first-order chi connectivity index (χ1) is 10.1. The van der Waals surface area contributed by atoms with Crippen LogP contribution >= 0.6 is 0 Å². The first-order valence-electron chi connectivity index (χ1n) is 6.37. The number of sulfonamides is 1. The Kier molecular flexibility index (Phi) is 5.24. The van der Waals surface area contributed by atoms with Crippen LogP contribution in [0.25, 0.3) is 0 Å². The Morgan fingerprint density at radius 2 is 1.90 bits per heavy atom. The van der Waals surface area contributed by atoms with E-state index in [0.717, 1.165) is 11.8 Å². The number of rotatable bonds is 7. The molecule has 0 saturated heterocycles. The fraction of sp³-hybridized carbons (Fsp3) is 0.214. The van der Waals surface area contributed by atoms with Crippen molar-refractivity contribution in [3.8, 4) is 5.75 Å². The summed E-state index contributed by atoms with van der Waals surface area (Å²) in [7, 11) is -3.93. The van der Waals surface area contributed by atoms with E-state index in [2.05, 4.69) is 9.71 Å². The number of aromatic nitrogens is 1. The maximum absolute atomic E-state index is 13.4. The van der Waals surface area contributed by atoms with Crippen LogP contribution in [0.3, 0.4) is 0 Å². The molecule has 0 radical (unpaired) electrons. The molecule has 0 fully saturated rings. The van der Waals surface area contributed by atoms with Gasteiger partial charge in [0.15, 0.2) is 5.82 Å². The first-order valence-corrected chi connectivity index (χ1v) is 7.86. The van der Waals surface area contributed by atoms with Crippen LogP contribution in [0, 0.1) is 5.82 Å². The molecule has 0 unspecified atom stereocenters. The van der Waals surface area contributed by atoms with Crippen LogP contribution in [0.2, 0.25) is 0 Å². The lowest BCUT2D eigenvalue weighted by atomic mass is 10.3. The maximum Gasteiger partial charge on any atom is 0.261 e. The lowest BCUT2D eigenvalue weighted by Gasteiger charge is -2.08. The molecule has 112 valence electrons. The molecule has 0 bridgehead atoms. The minimum Gasteiger partial charge on any atom is -0.494 e. The van der Waals surface area contributed by atoms with Gasteiger partial charge in [-0.05, 0) is 30.7 Å². The molecule has 0 spiro atoms. The smallest absolute Gasteiger partial charge is 0.261 e. The largest absolute Gasteiger partial charge is 0.494 e. The van der Waals surface area contributed by atoms with Crippen molar-refractivity contribution in [2.75, 3.05) is 13.2 Å². The van der Waals surface area contributed by atoms with Crippen molar-refractivity contribution in [2.24, 2.45) is 0 Å². The summed E-state index contributed by atoms with van der Waals surface area (Å²) in [5.41, 5.74) is 0. The highest BCUT2D eigenvalue weighted by molar-refractivity contribution is 7.89. The van der Waals surface area contributed by atoms with Gasteiger partial charge in [-0.25, -0.2) is 22.5 Å². The zero-order chi connectivity index (χ0) is 15.1. The van der Waals surface area contributed by atoms with Crippen molar-refractivity contribution in [1.29, 1.82) is 0 Å². The zero-order valence-corrected chi connectivity index (χ0v) is 12.0. The predicted molar refractivity (Wildman–Crippen MR) is 75.9 cm³/mol. The molecule has 1 heterocycles. The molecule has 0 atom stereocenters. The van der Waals surface area contributed by atoms with Crippen molar-refractivity contribution < 1.29 is 17.5 Å². The number of ether oxygens (including phenoxy) is 1. The van der Waals surface area contributed by atoms with Gasteiger partial charge in [-0.3, -0.25) is 0 Å². The van der Waals surface area contributed by atoms with E-state index in [-0.39, 0.29) is 6.54 Å². The summed E-state index contributed by atoms with van der Waals surface area (Å²) in [4.78, 5) is 3.54. The van der Waals surface area contributed by atoms with Gasteiger partial charge in [-0.2, -0.15) is 0 Å². The lowest BCUT2D eigenvalue weighted by Crippen LogP contribution is -2.27. The topological polar surface area (TPSA) is 68.3 Å². The molecule has 7 heteroatoms. The van der Waals surface area contributed by atoms with E-state index in [0.29, 0.717) is 13.0 Å². The summed E-state index contributed by atoms with van der Waals surface area (Å²) in [5, 5.41) is -0.589. The summed E-state index contributed by atoms with van der Waals surface area (Å²) < 4.78 is 44.8. The molecule has 5 nitrogen and oxygen atoms in total. The van der Waals surface area contributed by atoms with E-state index in [1.54, 1.807) is 0 Å². The molecule has 0 amide bonds. The van der Waals surface area contributed by atoms with Gasteiger partial charge in [0.1, 0.15) is 5.75 Å². The van der Waals surface area contributed by atoms with Crippen molar-refractivity contribution in [2.45, 2.75) is 11.4 Å². The lowest BCUT2D eigenvalue weighted by molar-refractivity contribution is 0.311. The van der Waals surface area contributed by atoms with Gasteiger partial charge in [0.2, 0.25) is 5.03 Å². The summed E-state index contributed by atoms with van der Waals surface area (Å²) in [6.45, 7) is 0.502. The SMILES string of the molecule is O=S(=O)(NCCCOc1ccccc1)c1ncccc1F. The first kappa shape index (κ1) is 15.4. The van der Waals surface area contributed by atoms with Crippen LogP contribution in [0.15, 0.2) is 53.7 Å². The highest BCUT2D eigenvalue weighted by Crippen LogP contribution is 2.10. The molecule has 1 N–H and O–H groups in total. The number of benzene rings is 1. The van der Waals surface area contributed by atoms with E-state index >= 15 is 0 Å². The van der Waals surface area contributed by atoms with Gasteiger partial charge in [-0.1, -0.05) is 18.2 Å². The highest BCUT2D eigenvalue weighted by atomic mass is 32.2. The van der Waals surface area contributed by atoms with Crippen LogP contribution in [0.4, 0.5) is 4.39 Å². The maximum atomic E-state index is 13.4. The quantitative estimate of drug-likeness (QED) is 0.794. The molecule has 2 rings (SSSR count). The Morgan fingerprint density at radius 3 is 2.62 bits per heavy atom. The molecule has 1 aromatic heterocycles. The molecule has 2 aromatic rings. The second-order valence-corrected chi connectivity index (χ2v) is 5.89. The fourth-order valence-corrected chi connectivity index (χ4v) is 2.70. The summed E-state index contributed by atoms with van der Waals surface area (Å²) in [6.07, 6.45) is 1.69. The van der Waals surface area contributed by atoms with Gasteiger partial charge < -0.3 is 4.74 Å². The number of hydrogen-bond acceptors (Lipinski definition) is 4. The molecular weight excluding hydrogens is 295 g/mol. The average Bonchev–Trinajstić information content (AvgIpc) is 2.48. The van der Waals surface area contributed by atoms with Crippen LogP contribution < -0.4 is 9.46 Å². The molecule has 21 heavy (non-hydrogen) atoms. The van der Waals surface area contributed by atoms with E-state index in [9.17, 15) is 12.8 Å². The standard InChI is InChI=1S/C14H15FN2O3S/c15-13-8-4-9-16-14(13)21(18,19)17-10-5-11-20-12-6-2-1-3-7-12/h1-4,6-9,17H,5,10-11H2. The third-order valence-electron chi connectivity index (χ3n) is 2.60. The molecule has 0 saturated carbocycles. The van der Waals surface area contributed by atoms with Crippen molar-refractivity contribution in [1.82, 2.24) is 9.71 Å². The number of pyridine rings is 1. The minimum atomic E-state index is -3.93. The average molecular weight is 310 g/mol. The molecule has 0 aliphatic rings. The summed E-state index contributed by atoms with van der Waals surface area (Å²) >= 11 is 0. The van der Waals surface area contributed by atoms with E-state index < -0.39 is 20.9 Å². The van der Waals surface area contributed by atoms with Crippen molar-refractivity contribution >= 4 is 10.0 Å². The van der Waals surface area contributed by atoms with Crippen LogP contribution in [-0.4, -0.2) is 26.6 Å². The third-order valence-corrected chi connectivity index (χ3v) is 4.00. The van der Waals surface area contributed by atoms with Crippen LogP contribution in [0.5, 0.6) is 5.75 Å². The normalized spacial score (nSPS) is 11.3. The summed E-state index contributed by atoms with van der Waals surface area (Å²) in [6, 6.07) is 11.6. The van der Waals surface area contributed by atoms with Gasteiger partial charge >= 0.3 is 0 Å². The second kappa shape index (κ2) is 7.14. The number of nitrogens with one attached hydrogen (secondary N) is 1. The van der Waals surface area contributed by atoms with Crippen LogP contribution in [-0.2, 0) is 10.0 Å². The molecule has 1 aromatic carbocycles. The van der Waals surface area contributed by atoms with Crippen LogP contribution in [0.1, 0.15) is 6.42 Å². The molecular formula is C14H15FN2O3S. The van der Waals surface area contributed by atoms with Gasteiger partial charge in [0.25, 0.3) is 10.0 Å². The highest BCUT2D eigenvalue weighted by Gasteiger charge is 2.19. The van der Waals surface area contributed by atoms with Crippen molar-refractivity contribution in [3.63, 3.8) is 0 Å². The zero-order valence-electron chi connectivity index (χ0n) is 11.2. The fourth-order valence-electron chi connectivity index (χ4n) is 1.62. The number of hydrogen-bond donors (Lipinski definition) is 1. The Hall–Kier alpha value is -1.99. The molecule has 0 aliphatic carbocycles. The van der Waals surface area contributed by atoms with Gasteiger partial charge in [0, 0.05) is 12.7 Å². The van der Waals surface area contributed by atoms with E-state index in [4.69, 9.17) is 4.74 Å². The van der Waals surface area contributed by atoms with E-state index in [1.165, 1.54) is 12.3 Å². The number of halogens is 1.